The number of allylic oxidation sites excluding steroid dienone is 2. The van der Waals surface area contributed by atoms with Crippen molar-refractivity contribution in [2.75, 3.05) is 76.0 Å². The molecule has 0 bridgehead atoms. The molecule has 0 amide bonds. The molecule has 0 fully saturated rings. The number of hydrogen-bond acceptors (Lipinski definition) is 4. The maximum absolute atomic E-state index is 3.56. The Labute approximate surface area is 468 Å². The Hall–Kier alpha value is -5.56. The van der Waals surface area contributed by atoms with E-state index in [1.807, 2.05) is 27.7 Å². The zero-order valence-electron chi connectivity index (χ0n) is 49.0. The van der Waals surface area contributed by atoms with Crippen molar-refractivity contribution in [1.82, 2.24) is 0 Å². The van der Waals surface area contributed by atoms with Crippen molar-refractivity contribution < 1.29 is 19.5 Å². The van der Waals surface area contributed by atoms with Crippen LogP contribution in [-0.4, -0.2) is 56.4 Å². The van der Waals surface area contributed by atoms with Crippen molar-refractivity contribution in [2.24, 2.45) is 0 Å². The fourth-order valence-corrected chi connectivity index (χ4v) is 17.0. The van der Waals surface area contributed by atoms with Gasteiger partial charge in [-0.05, 0) is 256 Å². The predicted octanol–water partition coefficient (Wildman–Crippen LogP) is 15.1. The smallest absolute Gasteiger partial charge is 0.377 e. The molecular weight excluding hydrogens is 1040 g/mol. The number of benzene rings is 8. The van der Waals surface area contributed by atoms with Crippen molar-refractivity contribution in [3.63, 3.8) is 0 Å². The summed E-state index contributed by atoms with van der Waals surface area (Å²) < 4.78 is 0. The topological polar surface area (TPSA) is 13.0 Å². The second-order valence-electron chi connectivity index (χ2n) is 21.7. The molecular formula is C68H84N4P2Ru+3. The van der Waals surface area contributed by atoms with Gasteiger partial charge in [-0.3, -0.25) is 0 Å². The van der Waals surface area contributed by atoms with Crippen LogP contribution in [0.3, 0.4) is 0 Å². The summed E-state index contributed by atoms with van der Waals surface area (Å²) in [5, 5.41) is 13.3. The van der Waals surface area contributed by atoms with Gasteiger partial charge in [0.1, 0.15) is 0 Å². The summed E-state index contributed by atoms with van der Waals surface area (Å²) in [5.41, 5.74) is 20.6. The first-order chi connectivity index (χ1) is 34.8. The molecule has 0 saturated heterocycles. The Morgan fingerprint density at radius 1 is 0.333 bits per heavy atom. The molecule has 0 N–H and O–H groups in total. The SMILES string of the molecule is C=C(C)C.C=C(C)C.Cc1cc(P(c2cc(C)c(N(C)C)c(C)c2)c2ccc3ccccc3c2-c2c(P(c3cc(C)c(N(C)C)c(C)c3)c3cc(C)c(N(C)C)c(C)c3)ccc3ccccc23)cc(C)c1N(C)C.[Ru+3]. The Bertz CT molecular complexity index is 2930. The molecule has 4 nitrogen and oxygen atoms in total. The van der Waals surface area contributed by atoms with E-state index in [-0.39, 0.29) is 19.5 Å². The van der Waals surface area contributed by atoms with Gasteiger partial charge in [0.2, 0.25) is 0 Å². The van der Waals surface area contributed by atoms with E-state index in [1.54, 1.807) is 0 Å². The molecule has 0 aliphatic heterocycles. The molecule has 8 rings (SSSR count). The minimum absolute atomic E-state index is 0. The molecule has 1 radical (unpaired) electrons. The van der Waals surface area contributed by atoms with E-state index >= 15 is 0 Å². The van der Waals surface area contributed by atoms with Gasteiger partial charge in [-0.25, -0.2) is 0 Å². The molecule has 0 atom stereocenters. The first-order valence-electron chi connectivity index (χ1n) is 25.9. The van der Waals surface area contributed by atoms with E-state index in [9.17, 15) is 0 Å². The van der Waals surface area contributed by atoms with Crippen LogP contribution >= 0.6 is 15.8 Å². The summed E-state index contributed by atoms with van der Waals surface area (Å²) >= 11 is 0. The predicted molar refractivity (Wildman–Crippen MR) is 340 cm³/mol. The van der Waals surface area contributed by atoms with Gasteiger partial charge >= 0.3 is 19.5 Å². The maximum atomic E-state index is 3.56. The normalized spacial score (nSPS) is 10.9. The number of aryl methyl sites for hydroxylation is 8. The van der Waals surface area contributed by atoms with E-state index < -0.39 is 15.8 Å². The second kappa shape index (κ2) is 25.5. The molecule has 0 spiro atoms. The number of rotatable bonds is 11. The molecule has 0 aromatic heterocycles. The van der Waals surface area contributed by atoms with Crippen LogP contribution in [0.2, 0.25) is 0 Å². The van der Waals surface area contributed by atoms with Crippen molar-refractivity contribution in [1.29, 1.82) is 0 Å². The first kappa shape index (κ1) is 60.3. The van der Waals surface area contributed by atoms with E-state index in [4.69, 9.17) is 0 Å². The van der Waals surface area contributed by atoms with Gasteiger partial charge in [-0.15, -0.1) is 13.2 Å². The van der Waals surface area contributed by atoms with Crippen LogP contribution in [0.25, 0.3) is 32.7 Å². The minimum atomic E-state index is -1.07. The summed E-state index contributed by atoms with van der Waals surface area (Å²) in [5.74, 6) is 0. The fourth-order valence-electron chi connectivity index (χ4n) is 11.3. The molecule has 0 aliphatic rings. The van der Waals surface area contributed by atoms with Gasteiger partial charge in [0.25, 0.3) is 0 Å². The van der Waals surface area contributed by atoms with Crippen LogP contribution < -0.4 is 51.4 Å². The van der Waals surface area contributed by atoms with E-state index in [2.05, 4.69) is 266 Å². The third-order valence-electron chi connectivity index (χ3n) is 13.3. The second-order valence-corrected chi connectivity index (χ2v) is 26.1. The van der Waals surface area contributed by atoms with Gasteiger partial charge in [-0.2, -0.15) is 0 Å². The van der Waals surface area contributed by atoms with Crippen LogP contribution in [-0.2, 0) is 19.5 Å². The van der Waals surface area contributed by atoms with Gasteiger partial charge in [-0.1, -0.05) is 83.9 Å². The molecule has 391 valence electrons. The Balaban J connectivity index is 0.00000108. The summed E-state index contributed by atoms with van der Waals surface area (Å²) in [6, 6.07) is 47.9. The Kier molecular flexibility index (Phi) is 20.5. The number of nitrogens with zero attached hydrogens (tertiary/aromatic N) is 4. The van der Waals surface area contributed by atoms with Crippen LogP contribution in [0.15, 0.2) is 146 Å². The van der Waals surface area contributed by atoms with Crippen LogP contribution in [0, 0.1) is 55.4 Å². The molecule has 7 heteroatoms. The summed E-state index contributed by atoms with van der Waals surface area (Å²) in [6.07, 6.45) is 0. The van der Waals surface area contributed by atoms with E-state index in [0.29, 0.717) is 0 Å². The van der Waals surface area contributed by atoms with Crippen LogP contribution in [0.5, 0.6) is 0 Å². The quantitative estimate of drug-likeness (QED) is 0.0727. The third kappa shape index (κ3) is 13.4. The third-order valence-corrected chi connectivity index (χ3v) is 18.1. The van der Waals surface area contributed by atoms with E-state index in [1.165, 1.54) is 143 Å². The number of fused-ring (bicyclic) bond motifs is 2. The summed E-state index contributed by atoms with van der Waals surface area (Å²) in [7, 11) is 15.2. The average Bonchev–Trinajstić information content (AvgIpc) is 3.27. The molecule has 0 aliphatic carbocycles. The molecule has 75 heavy (non-hydrogen) atoms. The zero-order valence-corrected chi connectivity index (χ0v) is 52.5. The number of anilines is 4. The summed E-state index contributed by atoms with van der Waals surface area (Å²) in [6.45, 7) is 33.3. The van der Waals surface area contributed by atoms with Crippen LogP contribution in [0.1, 0.15) is 72.2 Å². The molecule has 0 saturated carbocycles. The number of hydrogen-bond donors (Lipinski definition) is 0. The van der Waals surface area contributed by atoms with Crippen molar-refractivity contribution >= 4 is 92.0 Å². The Morgan fingerprint density at radius 2 is 0.533 bits per heavy atom. The van der Waals surface area contributed by atoms with Gasteiger partial charge < -0.3 is 19.6 Å². The largest absolute Gasteiger partial charge is 3.00 e. The zero-order chi connectivity index (χ0) is 54.6. The molecule has 8 aromatic carbocycles. The first-order valence-corrected chi connectivity index (χ1v) is 28.5. The van der Waals surface area contributed by atoms with E-state index in [0.717, 1.165) is 0 Å². The fraction of sp³-hybridized carbons (Fsp3) is 0.294. The minimum Gasteiger partial charge on any atom is -0.377 e. The standard InChI is InChI=1S/C60H68N4P2.2C4H8.Ru/c1-37-29-47(30-38(2)57(37)61(9)10)65(48-31-39(3)58(62(11)12)40(4)32-48)53-27-25-45-21-17-19-23-51(45)55(53)56-52-24-20-18-22-46(52)26-28-54(56)66(49-33-41(5)59(63(13)14)42(6)34-49)50-35-43(7)60(64(15)16)44(8)36-50;2*1-4(2)3;/h17-36H,1-16H3;2*1H2,2-3H3;/q;;;+3. The van der Waals surface area contributed by atoms with Crippen molar-refractivity contribution in [3.05, 3.63) is 190 Å². The molecule has 0 heterocycles. The molecule has 0 unspecified atom stereocenters. The Morgan fingerprint density at radius 3 is 0.733 bits per heavy atom. The average molecular weight is 1120 g/mol. The van der Waals surface area contributed by atoms with Gasteiger partial charge in [0, 0.05) is 79.1 Å². The monoisotopic (exact) mass is 1120 g/mol. The van der Waals surface area contributed by atoms with Gasteiger partial charge in [0.05, 0.1) is 0 Å². The van der Waals surface area contributed by atoms with Crippen molar-refractivity contribution in [3.8, 4) is 11.1 Å². The van der Waals surface area contributed by atoms with Crippen LogP contribution in [0.4, 0.5) is 22.7 Å². The molecule has 8 aromatic rings. The maximum Gasteiger partial charge on any atom is 3.00 e. The van der Waals surface area contributed by atoms with Crippen molar-refractivity contribution in [2.45, 2.75) is 83.1 Å². The van der Waals surface area contributed by atoms with Gasteiger partial charge in [0.15, 0.2) is 0 Å². The summed E-state index contributed by atoms with van der Waals surface area (Å²) in [4.78, 5) is 9.08.